The summed E-state index contributed by atoms with van der Waals surface area (Å²) in [5.41, 5.74) is 0. The summed E-state index contributed by atoms with van der Waals surface area (Å²) in [7, 11) is 0. The highest BCUT2D eigenvalue weighted by Gasteiger charge is 2.51. The summed E-state index contributed by atoms with van der Waals surface area (Å²) in [6, 6.07) is -0.929. The number of rotatable bonds is 42. The Labute approximate surface area is 411 Å². The van der Waals surface area contributed by atoms with Gasteiger partial charge in [-0.2, -0.15) is 0 Å². The molecular formula is C54H99NO13. The third-order valence-electron chi connectivity index (χ3n) is 13.3. The summed E-state index contributed by atoms with van der Waals surface area (Å²) in [4.78, 5) is 13.2. The first-order valence-corrected chi connectivity index (χ1v) is 27.2. The van der Waals surface area contributed by atoms with Crippen molar-refractivity contribution in [3.63, 3.8) is 0 Å². The van der Waals surface area contributed by atoms with E-state index in [0.717, 1.165) is 32.1 Å². The molecule has 2 aliphatic rings. The maximum absolute atomic E-state index is 13.2. The summed E-state index contributed by atoms with van der Waals surface area (Å²) < 4.78 is 22.7. The first-order valence-electron chi connectivity index (χ1n) is 27.2. The van der Waals surface area contributed by atoms with E-state index in [-0.39, 0.29) is 18.9 Å². The van der Waals surface area contributed by atoms with Crippen molar-refractivity contribution in [2.45, 2.75) is 280 Å². The first kappa shape index (κ1) is 62.3. The van der Waals surface area contributed by atoms with Crippen LogP contribution in [0.5, 0.6) is 0 Å². The van der Waals surface area contributed by atoms with Crippen LogP contribution in [0.25, 0.3) is 0 Å². The predicted octanol–water partition coefficient (Wildman–Crippen LogP) is 7.88. The number of amides is 1. The van der Waals surface area contributed by atoms with Gasteiger partial charge < -0.3 is 65.1 Å². The fourth-order valence-electron chi connectivity index (χ4n) is 8.83. The molecule has 14 nitrogen and oxygen atoms in total. The molecule has 2 aliphatic heterocycles. The maximum Gasteiger partial charge on any atom is 0.220 e. The minimum Gasteiger partial charge on any atom is -0.394 e. The third-order valence-corrected chi connectivity index (χ3v) is 13.3. The van der Waals surface area contributed by atoms with Crippen molar-refractivity contribution < 1.29 is 64.6 Å². The van der Waals surface area contributed by atoms with E-state index in [9.17, 15) is 45.6 Å². The van der Waals surface area contributed by atoms with Crippen molar-refractivity contribution in [1.82, 2.24) is 5.32 Å². The van der Waals surface area contributed by atoms with Crippen LogP contribution < -0.4 is 5.32 Å². The van der Waals surface area contributed by atoms with Crippen LogP contribution in [0.4, 0.5) is 0 Å². The lowest BCUT2D eigenvalue weighted by molar-refractivity contribution is -0.359. The Balaban J connectivity index is 1.76. The van der Waals surface area contributed by atoms with Gasteiger partial charge in [-0.3, -0.25) is 4.79 Å². The van der Waals surface area contributed by atoms with Crippen molar-refractivity contribution >= 4 is 5.91 Å². The number of unbranched alkanes of at least 4 members (excludes halogenated alkanes) is 25. The molecule has 9 N–H and O–H groups in total. The molecule has 1 amide bonds. The molecule has 2 rings (SSSR count). The minimum atomic E-state index is -1.79. The summed E-state index contributed by atoms with van der Waals surface area (Å²) in [6.45, 7) is 2.74. The summed E-state index contributed by atoms with van der Waals surface area (Å²) in [5.74, 6) is -0.252. The Hall–Kier alpha value is -1.79. The molecule has 0 aromatic heterocycles. The lowest BCUT2D eigenvalue weighted by Gasteiger charge is -2.46. The Kier molecular flexibility index (Phi) is 37.4. The number of ether oxygens (including phenoxy) is 4. The number of carbonyl (C=O) groups is 1. The molecule has 2 fully saturated rings. The smallest absolute Gasteiger partial charge is 0.220 e. The Morgan fingerprint density at radius 3 is 1.44 bits per heavy atom. The number of nitrogens with one attached hydrogen (secondary N) is 1. The predicted molar refractivity (Wildman–Crippen MR) is 268 cm³/mol. The highest BCUT2D eigenvalue weighted by molar-refractivity contribution is 5.76. The van der Waals surface area contributed by atoms with Crippen molar-refractivity contribution in [2.24, 2.45) is 0 Å². The molecule has 0 bridgehead atoms. The van der Waals surface area contributed by atoms with Gasteiger partial charge in [0.15, 0.2) is 12.6 Å². The average Bonchev–Trinajstić information content (AvgIpc) is 3.34. The second-order valence-electron chi connectivity index (χ2n) is 19.3. The molecule has 0 aromatic carbocycles. The largest absolute Gasteiger partial charge is 0.394 e. The molecule has 14 heteroatoms. The molecule has 12 unspecified atom stereocenters. The second-order valence-corrected chi connectivity index (χ2v) is 19.3. The van der Waals surface area contributed by atoms with Crippen LogP contribution in [0, 0.1) is 0 Å². The van der Waals surface area contributed by atoms with Crippen LogP contribution >= 0.6 is 0 Å². The van der Waals surface area contributed by atoms with Crippen molar-refractivity contribution in [3.05, 3.63) is 36.5 Å². The number of allylic oxidation sites excluding steroid dienone is 5. The standard InChI is InChI=1S/C54H99NO13/c1-3-5-7-9-11-13-15-16-17-18-19-20-21-22-23-24-25-26-28-30-32-34-36-38-46(59)55-42(43(58)37-35-33-31-29-27-14-12-10-8-6-4-2)41-65-53-51(64)49(62)52(45(40-57)67-53)68-54-50(63)48(61)47(60)44(39-56)66-54/h18-19,27,29,35,37,42-45,47-54,56-58,60-64H,3-17,20-26,28,30-34,36,38-41H2,1-2H3,(H,55,59)/b19-18-,29-27+,37-35+. The van der Waals surface area contributed by atoms with E-state index in [1.54, 1.807) is 6.08 Å². The maximum atomic E-state index is 13.2. The van der Waals surface area contributed by atoms with E-state index < -0.39 is 86.8 Å². The highest BCUT2D eigenvalue weighted by atomic mass is 16.7. The Bertz CT molecular complexity index is 1280. The molecule has 2 saturated heterocycles. The fraction of sp³-hybridized carbons (Fsp3) is 0.870. The van der Waals surface area contributed by atoms with Crippen molar-refractivity contribution in [3.8, 4) is 0 Å². The SMILES string of the molecule is CCCCCCC/C=C/CC/C=C/C(O)C(COC1OC(CO)C(OC2OC(CO)C(O)C(O)C2O)C(O)C1O)NC(=O)CCCCCCCCCCCCC/C=C\CCCCCCCCCC. The van der Waals surface area contributed by atoms with Crippen LogP contribution in [0.2, 0.25) is 0 Å². The van der Waals surface area contributed by atoms with Crippen LogP contribution in [0.15, 0.2) is 36.5 Å². The molecular weight excluding hydrogens is 871 g/mol. The van der Waals surface area contributed by atoms with Crippen LogP contribution in [0.1, 0.15) is 206 Å². The summed E-state index contributed by atoms with van der Waals surface area (Å²) >= 11 is 0. The van der Waals surface area contributed by atoms with Crippen LogP contribution in [-0.4, -0.2) is 140 Å². The Morgan fingerprint density at radius 1 is 0.515 bits per heavy atom. The zero-order valence-corrected chi connectivity index (χ0v) is 42.3. The number of hydrogen-bond donors (Lipinski definition) is 9. The van der Waals surface area contributed by atoms with Gasteiger partial charge >= 0.3 is 0 Å². The van der Waals surface area contributed by atoms with E-state index in [1.807, 2.05) is 6.08 Å². The molecule has 0 radical (unpaired) electrons. The number of hydrogen-bond acceptors (Lipinski definition) is 13. The minimum absolute atomic E-state index is 0.252. The monoisotopic (exact) mass is 970 g/mol. The quantitative estimate of drug-likeness (QED) is 0.0210. The van der Waals surface area contributed by atoms with Crippen molar-refractivity contribution in [1.29, 1.82) is 0 Å². The number of aliphatic hydroxyl groups excluding tert-OH is 8. The average molecular weight is 970 g/mol. The van der Waals surface area contributed by atoms with Gasteiger partial charge in [-0.1, -0.05) is 179 Å². The molecule has 0 saturated carbocycles. The van der Waals surface area contributed by atoms with Gasteiger partial charge in [0.2, 0.25) is 5.91 Å². The molecule has 12 atom stereocenters. The lowest BCUT2D eigenvalue weighted by Crippen LogP contribution is -2.65. The van der Waals surface area contributed by atoms with Gasteiger partial charge in [-0.05, 0) is 57.8 Å². The molecule has 68 heavy (non-hydrogen) atoms. The van der Waals surface area contributed by atoms with Gasteiger partial charge in [0.1, 0.15) is 48.8 Å². The molecule has 0 spiro atoms. The van der Waals surface area contributed by atoms with E-state index in [0.29, 0.717) is 12.8 Å². The number of aliphatic hydroxyl groups is 8. The topological polar surface area (TPSA) is 228 Å². The lowest BCUT2D eigenvalue weighted by atomic mass is 9.97. The molecule has 0 aromatic rings. The molecule has 398 valence electrons. The van der Waals surface area contributed by atoms with Gasteiger partial charge in [0.05, 0.1) is 32.0 Å². The summed E-state index contributed by atoms with van der Waals surface area (Å²) in [6.07, 6.45) is 30.6. The summed E-state index contributed by atoms with van der Waals surface area (Å²) in [5, 5.41) is 86.7. The zero-order chi connectivity index (χ0) is 49.6. The van der Waals surface area contributed by atoms with Gasteiger partial charge in [0, 0.05) is 6.42 Å². The van der Waals surface area contributed by atoms with E-state index in [2.05, 4.69) is 43.5 Å². The molecule has 0 aliphatic carbocycles. The Morgan fingerprint density at radius 2 is 0.941 bits per heavy atom. The second kappa shape index (κ2) is 40.8. The van der Waals surface area contributed by atoms with Gasteiger partial charge in [-0.25, -0.2) is 0 Å². The van der Waals surface area contributed by atoms with E-state index in [1.165, 1.54) is 141 Å². The normalized spacial score (nSPS) is 26.6. The number of carbonyl (C=O) groups excluding carboxylic acids is 1. The molecule has 2 heterocycles. The highest BCUT2D eigenvalue weighted by Crippen LogP contribution is 2.30. The van der Waals surface area contributed by atoms with Gasteiger partial charge in [0.25, 0.3) is 0 Å². The first-order chi connectivity index (χ1) is 33.1. The van der Waals surface area contributed by atoms with E-state index >= 15 is 0 Å². The van der Waals surface area contributed by atoms with E-state index in [4.69, 9.17) is 18.9 Å². The third kappa shape index (κ3) is 27.1. The van der Waals surface area contributed by atoms with Crippen LogP contribution in [-0.2, 0) is 23.7 Å². The fourth-order valence-corrected chi connectivity index (χ4v) is 8.83. The zero-order valence-electron chi connectivity index (χ0n) is 42.3. The van der Waals surface area contributed by atoms with Gasteiger partial charge in [-0.15, -0.1) is 0 Å². The van der Waals surface area contributed by atoms with Crippen LogP contribution in [0.3, 0.4) is 0 Å². The van der Waals surface area contributed by atoms with Crippen molar-refractivity contribution in [2.75, 3.05) is 19.8 Å².